The predicted octanol–water partition coefficient (Wildman–Crippen LogP) is 0.740. The monoisotopic (exact) mass is 127 g/mol. The molecule has 0 saturated heterocycles. The molecular formula is C6H9NO2. The Hall–Kier alpha value is -0.860. The minimum absolute atomic E-state index is 0.0255. The van der Waals surface area contributed by atoms with Gasteiger partial charge >= 0.3 is 0 Å². The number of hydrogen-bond donors (Lipinski definition) is 0. The number of ketones is 1. The standard InChI is InChI=1S/C6H9NO2/c1-4-5(8)6(2,3)9-7-4/h1-3H3. The predicted molar refractivity (Wildman–Crippen MR) is 33.3 cm³/mol. The zero-order chi connectivity index (χ0) is 7.07. The fraction of sp³-hybridized carbons (Fsp3) is 0.667. The number of Topliss-reactive ketones (excluding diaryl/α,β-unsaturated/α-hetero) is 1. The first-order chi connectivity index (χ1) is 4.04. The van der Waals surface area contributed by atoms with Gasteiger partial charge in [0.1, 0.15) is 5.71 Å². The lowest BCUT2D eigenvalue weighted by atomic mass is 10.0. The molecule has 0 saturated carbocycles. The van der Waals surface area contributed by atoms with E-state index in [1.54, 1.807) is 20.8 Å². The Bertz CT molecular complexity index is 181. The average Bonchev–Trinajstić information content (AvgIpc) is 1.97. The second-order valence-electron chi connectivity index (χ2n) is 2.61. The van der Waals surface area contributed by atoms with Crippen molar-refractivity contribution >= 4 is 11.5 Å². The molecule has 1 aliphatic heterocycles. The fourth-order valence-electron chi connectivity index (χ4n) is 0.701. The van der Waals surface area contributed by atoms with Crippen LogP contribution in [0.5, 0.6) is 0 Å². The Labute approximate surface area is 53.7 Å². The topological polar surface area (TPSA) is 38.7 Å². The highest BCUT2D eigenvalue weighted by molar-refractivity contribution is 6.42. The van der Waals surface area contributed by atoms with Gasteiger partial charge in [-0.25, -0.2) is 0 Å². The Morgan fingerprint density at radius 1 is 1.56 bits per heavy atom. The van der Waals surface area contributed by atoms with E-state index in [-0.39, 0.29) is 5.78 Å². The summed E-state index contributed by atoms with van der Waals surface area (Å²) in [6.07, 6.45) is 0. The first-order valence-corrected chi connectivity index (χ1v) is 2.81. The molecule has 1 heterocycles. The van der Waals surface area contributed by atoms with Gasteiger partial charge in [0.2, 0.25) is 5.78 Å². The highest BCUT2D eigenvalue weighted by Crippen LogP contribution is 2.17. The van der Waals surface area contributed by atoms with Crippen LogP contribution in [0, 0.1) is 0 Å². The summed E-state index contributed by atoms with van der Waals surface area (Å²) >= 11 is 0. The van der Waals surface area contributed by atoms with Gasteiger partial charge < -0.3 is 4.84 Å². The minimum Gasteiger partial charge on any atom is -0.381 e. The number of oxime groups is 1. The molecule has 1 aliphatic rings. The van der Waals surface area contributed by atoms with Crippen molar-refractivity contribution in [3.63, 3.8) is 0 Å². The van der Waals surface area contributed by atoms with Gasteiger partial charge in [-0.15, -0.1) is 0 Å². The van der Waals surface area contributed by atoms with Crippen molar-refractivity contribution in [2.45, 2.75) is 26.4 Å². The van der Waals surface area contributed by atoms with Gasteiger partial charge in [-0.1, -0.05) is 5.16 Å². The van der Waals surface area contributed by atoms with Crippen molar-refractivity contribution in [2.75, 3.05) is 0 Å². The van der Waals surface area contributed by atoms with E-state index in [9.17, 15) is 4.79 Å². The summed E-state index contributed by atoms with van der Waals surface area (Å²) in [7, 11) is 0. The normalized spacial score (nSPS) is 23.4. The van der Waals surface area contributed by atoms with Crippen molar-refractivity contribution < 1.29 is 9.63 Å². The van der Waals surface area contributed by atoms with Crippen molar-refractivity contribution in [3.05, 3.63) is 0 Å². The average molecular weight is 127 g/mol. The third-order valence-corrected chi connectivity index (χ3v) is 1.29. The Balaban J connectivity index is 2.86. The molecule has 0 amide bonds. The molecule has 0 spiro atoms. The lowest BCUT2D eigenvalue weighted by molar-refractivity contribution is -0.128. The van der Waals surface area contributed by atoms with E-state index in [0.717, 1.165) is 0 Å². The van der Waals surface area contributed by atoms with Crippen molar-refractivity contribution in [1.82, 2.24) is 0 Å². The Morgan fingerprint density at radius 2 is 2.11 bits per heavy atom. The van der Waals surface area contributed by atoms with Gasteiger partial charge in [0.25, 0.3) is 0 Å². The van der Waals surface area contributed by atoms with Crippen LogP contribution in [0.1, 0.15) is 20.8 Å². The molecule has 0 aromatic rings. The maximum absolute atomic E-state index is 11.0. The third kappa shape index (κ3) is 0.823. The van der Waals surface area contributed by atoms with Crippen molar-refractivity contribution in [2.24, 2.45) is 5.16 Å². The molecule has 0 N–H and O–H groups in total. The fourth-order valence-corrected chi connectivity index (χ4v) is 0.701. The molecule has 0 fully saturated rings. The Kier molecular flexibility index (Phi) is 1.08. The molecule has 0 aromatic carbocycles. The summed E-state index contributed by atoms with van der Waals surface area (Å²) < 4.78 is 0. The number of carbonyl (C=O) groups excluding carboxylic acids is 1. The summed E-state index contributed by atoms with van der Waals surface area (Å²) in [5, 5.41) is 3.54. The number of rotatable bonds is 0. The van der Waals surface area contributed by atoms with Crippen LogP contribution in [0.3, 0.4) is 0 Å². The lowest BCUT2D eigenvalue weighted by Gasteiger charge is -2.10. The number of hydrogen-bond acceptors (Lipinski definition) is 3. The molecule has 1 rings (SSSR count). The maximum atomic E-state index is 11.0. The van der Waals surface area contributed by atoms with Crippen LogP contribution in [0.2, 0.25) is 0 Å². The summed E-state index contributed by atoms with van der Waals surface area (Å²) in [5.74, 6) is -0.0255. The minimum atomic E-state index is -0.718. The van der Waals surface area contributed by atoms with Gasteiger partial charge in [0, 0.05) is 0 Å². The molecular weight excluding hydrogens is 118 g/mol. The smallest absolute Gasteiger partial charge is 0.225 e. The van der Waals surface area contributed by atoms with Gasteiger partial charge in [0.15, 0.2) is 5.60 Å². The van der Waals surface area contributed by atoms with E-state index >= 15 is 0 Å². The molecule has 9 heavy (non-hydrogen) atoms. The zero-order valence-corrected chi connectivity index (χ0v) is 5.76. The Morgan fingerprint density at radius 3 is 2.22 bits per heavy atom. The van der Waals surface area contributed by atoms with Gasteiger partial charge in [-0.2, -0.15) is 0 Å². The zero-order valence-electron chi connectivity index (χ0n) is 5.76. The number of carbonyl (C=O) groups is 1. The molecule has 0 bridgehead atoms. The van der Waals surface area contributed by atoms with Crippen LogP contribution in [0.25, 0.3) is 0 Å². The lowest BCUT2D eigenvalue weighted by Crippen LogP contribution is -2.31. The van der Waals surface area contributed by atoms with Crippen LogP contribution in [-0.2, 0) is 9.63 Å². The van der Waals surface area contributed by atoms with Gasteiger partial charge in [-0.3, -0.25) is 4.79 Å². The molecule has 0 aliphatic carbocycles. The van der Waals surface area contributed by atoms with E-state index in [0.29, 0.717) is 5.71 Å². The molecule has 0 aromatic heterocycles. The molecule has 0 unspecified atom stereocenters. The van der Waals surface area contributed by atoms with Crippen LogP contribution >= 0.6 is 0 Å². The second-order valence-corrected chi connectivity index (χ2v) is 2.61. The molecule has 50 valence electrons. The largest absolute Gasteiger partial charge is 0.381 e. The summed E-state index contributed by atoms with van der Waals surface area (Å²) in [4.78, 5) is 15.8. The molecule has 0 atom stereocenters. The van der Waals surface area contributed by atoms with E-state index in [1.165, 1.54) is 0 Å². The van der Waals surface area contributed by atoms with Gasteiger partial charge in [0.05, 0.1) is 0 Å². The maximum Gasteiger partial charge on any atom is 0.225 e. The van der Waals surface area contributed by atoms with Gasteiger partial charge in [-0.05, 0) is 20.8 Å². The van der Waals surface area contributed by atoms with E-state index < -0.39 is 5.60 Å². The van der Waals surface area contributed by atoms with E-state index in [1.807, 2.05) is 0 Å². The first-order valence-electron chi connectivity index (χ1n) is 2.81. The quantitative estimate of drug-likeness (QED) is 0.481. The molecule has 3 heteroatoms. The van der Waals surface area contributed by atoms with Crippen LogP contribution in [0.4, 0.5) is 0 Å². The van der Waals surface area contributed by atoms with Crippen LogP contribution < -0.4 is 0 Å². The first kappa shape index (κ1) is 6.26. The number of nitrogens with zero attached hydrogens (tertiary/aromatic N) is 1. The summed E-state index contributed by atoms with van der Waals surface area (Å²) in [6.45, 7) is 5.06. The highest BCUT2D eigenvalue weighted by Gasteiger charge is 2.37. The molecule has 3 nitrogen and oxygen atoms in total. The van der Waals surface area contributed by atoms with Crippen LogP contribution in [0.15, 0.2) is 5.16 Å². The SMILES string of the molecule is CC1=NOC(C)(C)C1=O. The summed E-state index contributed by atoms with van der Waals surface area (Å²) in [5.41, 5.74) is -0.260. The third-order valence-electron chi connectivity index (χ3n) is 1.29. The van der Waals surface area contributed by atoms with E-state index in [2.05, 4.69) is 5.16 Å². The second kappa shape index (κ2) is 1.56. The van der Waals surface area contributed by atoms with Crippen LogP contribution in [-0.4, -0.2) is 17.1 Å². The van der Waals surface area contributed by atoms with E-state index in [4.69, 9.17) is 4.84 Å². The van der Waals surface area contributed by atoms with Crippen molar-refractivity contribution in [1.29, 1.82) is 0 Å². The molecule has 0 radical (unpaired) electrons. The highest BCUT2D eigenvalue weighted by atomic mass is 16.7. The summed E-state index contributed by atoms with van der Waals surface area (Å²) in [6, 6.07) is 0. The van der Waals surface area contributed by atoms with Crippen molar-refractivity contribution in [3.8, 4) is 0 Å².